The van der Waals surface area contributed by atoms with Gasteiger partial charge in [0, 0.05) is 17.6 Å². The molecule has 0 bridgehead atoms. The lowest BCUT2D eigenvalue weighted by Gasteiger charge is -2.09. The summed E-state index contributed by atoms with van der Waals surface area (Å²) in [5.74, 6) is 0.779. The minimum Gasteiger partial charge on any atom is -0.497 e. The van der Waals surface area contributed by atoms with Crippen LogP contribution in [0.3, 0.4) is 0 Å². The van der Waals surface area contributed by atoms with Crippen molar-refractivity contribution in [2.45, 2.75) is 6.61 Å². The first-order valence-electron chi connectivity index (χ1n) is 7.11. The number of hydrogen-bond acceptors (Lipinski definition) is 4. The monoisotopic (exact) mass is 308 g/mol. The third kappa shape index (κ3) is 3.23. The van der Waals surface area contributed by atoms with Gasteiger partial charge >= 0.3 is 6.09 Å². The van der Waals surface area contributed by atoms with Crippen LogP contribution < -0.4 is 10.5 Å². The lowest BCUT2D eigenvalue weighted by molar-refractivity contribution is 0.150. The second kappa shape index (κ2) is 6.36. The summed E-state index contributed by atoms with van der Waals surface area (Å²) < 4.78 is 10.0. The van der Waals surface area contributed by atoms with Crippen LogP contribution in [0.15, 0.2) is 54.7 Å². The number of pyridine rings is 1. The third-order valence-electron chi connectivity index (χ3n) is 3.60. The van der Waals surface area contributed by atoms with E-state index in [9.17, 15) is 4.79 Å². The van der Waals surface area contributed by atoms with Crippen molar-refractivity contribution < 1.29 is 14.3 Å². The Morgan fingerprint density at radius 3 is 2.61 bits per heavy atom. The van der Waals surface area contributed by atoms with Crippen LogP contribution in [0.1, 0.15) is 5.56 Å². The summed E-state index contributed by atoms with van der Waals surface area (Å²) in [7, 11) is 1.64. The standard InChI is InChI=1S/C18H16N2O3/c1-22-14-6-7-16-15(8-9-20-17(16)10-14)13-4-2-12(3-5-13)11-23-18(19)21/h2-10H,11H2,1H3,(H2,19,21). The lowest BCUT2D eigenvalue weighted by Crippen LogP contribution is -2.12. The number of nitrogens with zero attached hydrogens (tertiary/aromatic N) is 1. The molecule has 1 aromatic heterocycles. The number of fused-ring (bicyclic) bond motifs is 1. The van der Waals surface area contributed by atoms with Gasteiger partial charge < -0.3 is 15.2 Å². The minimum absolute atomic E-state index is 0.171. The van der Waals surface area contributed by atoms with Crippen molar-refractivity contribution in [3.05, 3.63) is 60.3 Å². The van der Waals surface area contributed by atoms with Crippen LogP contribution in [-0.2, 0) is 11.3 Å². The minimum atomic E-state index is -0.775. The Morgan fingerprint density at radius 2 is 1.91 bits per heavy atom. The lowest BCUT2D eigenvalue weighted by atomic mass is 10.0. The molecule has 1 amide bonds. The summed E-state index contributed by atoms with van der Waals surface area (Å²) >= 11 is 0. The fraction of sp³-hybridized carbons (Fsp3) is 0.111. The number of benzene rings is 2. The largest absolute Gasteiger partial charge is 0.497 e. The van der Waals surface area contributed by atoms with E-state index in [1.807, 2.05) is 48.5 Å². The fourth-order valence-electron chi connectivity index (χ4n) is 2.44. The average molecular weight is 308 g/mol. The van der Waals surface area contributed by atoms with E-state index in [1.54, 1.807) is 13.3 Å². The molecule has 3 aromatic rings. The predicted octanol–water partition coefficient (Wildman–Crippen LogP) is 3.51. The zero-order valence-electron chi connectivity index (χ0n) is 12.7. The zero-order chi connectivity index (χ0) is 16.2. The normalized spacial score (nSPS) is 10.5. The number of primary amides is 1. The highest BCUT2D eigenvalue weighted by molar-refractivity contribution is 5.94. The van der Waals surface area contributed by atoms with Gasteiger partial charge in [-0.15, -0.1) is 0 Å². The molecule has 1 heterocycles. The molecule has 116 valence electrons. The molecule has 0 saturated heterocycles. The second-order valence-corrected chi connectivity index (χ2v) is 5.05. The topological polar surface area (TPSA) is 74.4 Å². The van der Waals surface area contributed by atoms with Gasteiger partial charge in [0.2, 0.25) is 0 Å². The van der Waals surface area contributed by atoms with Crippen molar-refractivity contribution in [1.82, 2.24) is 4.98 Å². The highest BCUT2D eigenvalue weighted by atomic mass is 16.5. The Bertz CT molecular complexity index is 845. The van der Waals surface area contributed by atoms with Gasteiger partial charge in [0.15, 0.2) is 0 Å². The number of carbonyl (C=O) groups excluding carboxylic acids is 1. The highest BCUT2D eigenvalue weighted by Crippen LogP contribution is 2.29. The van der Waals surface area contributed by atoms with E-state index in [2.05, 4.69) is 4.98 Å². The number of rotatable bonds is 4. The Hall–Kier alpha value is -3.08. The summed E-state index contributed by atoms with van der Waals surface area (Å²) in [5, 5.41) is 1.05. The van der Waals surface area contributed by atoms with E-state index in [0.717, 1.165) is 33.3 Å². The van der Waals surface area contributed by atoms with E-state index in [1.165, 1.54) is 0 Å². The van der Waals surface area contributed by atoms with Crippen LogP contribution >= 0.6 is 0 Å². The quantitative estimate of drug-likeness (QED) is 0.800. The number of methoxy groups -OCH3 is 1. The molecule has 2 N–H and O–H groups in total. The van der Waals surface area contributed by atoms with Crippen molar-refractivity contribution in [3.63, 3.8) is 0 Å². The van der Waals surface area contributed by atoms with E-state index in [0.29, 0.717) is 0 Å². The molecule has 0 aliphatic carbocycles. The molecule has 0 saturated carbocycles. The van der Waals surface area contributed by atoms with Crippen molar-refractivity contribution in [3.8, 4) is 16.9 Å². The summed E-state index contributed by atoms with van der Waals surface area (Å²) in [6, 6.07) is 15.6. The maximum absolute atomic E-state index is 10.6. The Morgan fingerprint density at radius 1 is 1.13 bits per heavy atom. The summed E-state index contributed by atoms with van der Waals surface area (Å²) in [4.78, 5) is 15.0. The van der Waals surface area contributed by atoms with Gasteiger partial charge in [0.25, 0.3) is 0 Å². The van der Waals surface area contributed by atoms with Crippen LogP contribution in [-0.4, -0.2) is 18.2 Å². The number of aromatic nitrogens is 1. The smallest absolute Gasteiger partial charge is 0.404 e. The molecule has 0 aliphatic heterocycles. The van der Waals surface area contributed by atoms with E-state index < -0.39 is 6.09 Å². The SMILES string of the molecule is COc1ccc2c(-c3ccc(COC(N)=O)cc3)ccnc2c1. The summed E-state index contributed by atoms with van der Waals surface area (Å²) in [6.45, 7) is 0.171. The molecule has 0 unspecified atom stereocenters. The van der Waals surface area contributed by atoms with Gasteiger partial charge in [0.1, 0.15) is 12.4 Å². The number of nitrogens with two attached hydrogens (primary N) is 1. The molecule has 0 fully saturated rings. The van der Waals surface area contributed by atoms with Gasteiger partial charge in [-0.3, -0.25) is 4.98 Å². The average Bonchev–Trinajstić information content (AvgIpc) is 2.59. The van der Waals surface area contributed by atoms with Crippen LogP contribution in [0, 0.1) is 0 Å². The van der Waals surface area contributed by atoms with Gasteiger partial charge in [-0.05, 0) is 34.9 Å². The molecule has 23 heavy (non-hydrogen) atoms. The van der Waals surface area contributed by atoms with Crippen LogP contribution in [0.5, 0.6) is 5.75 Å². The molecular formula is C18H16N2O3. The first-order chi connectivity index (χ1) is 11.2. The molecule has 0 radical (unpaired) electrons. The summed E-state index contributed by atoms with van der Waals surface area (Å²) in [5.41, 5.74) is 8.87. The van der Waals surface area contributed by atoms with E-state index in [-0.39, 0.29) is 6.61 Å². The van der Waals surface area contributed by atoms with Crippen molar-refractivity contribution >= 4 is 17.0 Å². The van der Waals surface area contributed by atoms with Crippen molar-refractivity contribution in [1.29, 1.82) is 0 Å². The molecule has 0 atom stereocenters. The number of hydrogen-bond donors (Lipinski definition) is 1. The maximum Gasteiger partial charge on any atom is 0.404 e. The van der Waals surface area contributed by atoms with Gasteiger partial charge in [0.05, 0.1) is 12.6 Å². The summed E-state index contributed by atoms with van der Waals surface area (Å²) in [6.07, 6.45) is 1.00. The van der Waals surface area contributed by atoms with Crippen LogP contribution in [0.25, 0.3) is 22.0 Å². The first kappa shape index (κ1) is 14.8. The predicted molar refractivity (Wildman–Crippen MR) is 88.1 cm³/mol. The molecule has 5 heteroatoms. The molecule has 3 rings (SSSR count). The van der Waals surface area contributed by atoms with Crippen LogP contribution in [0.4, 0.5) is 4.79 Å². The van der Waals surface area contributed by atoms with Crippen LogP contribution in [0.2, 0.25) is 0 Å². The number of ether oxygens (including phenoxy) is 2. The van der Waals surface area contributed by atoms with Crippen molar-refractivity contribution in [2.75, 3.05) is 7.11 Å². The highest BCUT2D eigenvalue weighted by Gasteiger charge is 2.06. The number of amides is 1. The second-order valence-electron chi connectivity index (χ2n) is 5.05. The molecular weight excluding hydrogens is 292 g/mol. The Balaban J connectivity index is 1.95. The Labute approximate surface area is 133 Å². The van der Waals surface area contributed by atoms with Gasteiger partial charge in [-0.1, -0.05) is 24.3 Å². The van der Waals surface area contributed by atoms with Crippen molar-refractivity contribution in [2.24, 2.45) is 5.73 Å². The molecule has 5 nitrogen and oxygen atoms in total. The third-order valence-corrected chi connectivity index (χ3v) is 3.60. The Kier molecular flexibility index (Phi) is 4.10. The van der Waals surface area contributed by atoms with E-state index in [4.69, 9.17) is 15.2 Å². The van der Waals surface area contributed by atoms with E-state index >= 15 is 0 Å². The van der Waals surface area contributed by atoms with Gasteiger partial charge in [-0.2, -0.15) is 0 Å². The zero-order valence-corrected chi connectivity index (χ0v) is 12.7. The number of carbonyl (C=O) groups is 1. The molecule has 2 aromatic carbocycles. The first-order valence-corrected chi connectivity index (χ1v) is 7.11. The molecule has 0 spiro atoms. The van der Waals surface area contributed by atoms with Gasteiger partial charge in [-0.25, -0.2) is 4.79 Å². The fourth-order valence-corrected chi connectivity index (χ4v) is 2.44. The molecule has 0 aliphatic rings. The maximum atomic E-state index is 10.6.